The van der Waals surface area contributed by atoms with E-state index in [-0.39, 0.29) is 0 Å². The Morgan fingerprint density at radius 2 is 2.18 bits per heavy atom. The quantitative estimate of drug-likeness (QED) is 0.853. The normalized spacial score (nSPS) is 19.7. The maximum absolute atomic E-state index is 4.39. The third-order valence-corrected chi connectivity index (χ3v) is 3.37. The average Bonchev–Trinajstić information content (AvgIpc) is 2.99. The van der Waals surface area contributed by atoms with Gasteiger partial charge in [0, 0.05) is 31.0 Å². The molecule has 0 aromatic carbocycles. The molecular formula is C13H16N4. The third kappa shape index (κ3) is 1.85. The fourth-order valence-corrected chi connectivity index (χ4v) is 2.53. The standard InChI is InChI=1S/C13H16N4/c1-17-13(12-3-2-6-15-12)11(9-16-17)10-4-7-14-8-5-10/h4-5,7-9,12,15H,2-3,6H2,1H3. The van der Waals surface area contributed by atoms with Crippen molar-refractivity contribution in [2.75, 3.05) is 6.54 Å². The van der Waals surface area contributed by atoms with Crippen LogP contribution in [0.2, 0.25) is 0 Å². The molecule has 1 aliphatic rings. The first-order valence-corrected chi connectivity index (χ1v) is 6.02. The van der Waals surface area contributed by atoms with E-state index in [1.54, 1.807) is 0 Å². The molecule has 17 heavy (non-hydrogen) atoms. The number of nitrogens with one attached hydrogen (secondary N) is 1. The van der Waals surface area contributed by atoms with E-state index < -0.39 is 0 Å². The number of aromatic nitrogens is 3. The molecule has 1 atom stereocenters. The van der Waals surface area contributed by atoms with Crippen LogP contribution in [0, 0.1) is 0 Å². The molecule has 0 radical (unpaired) electrons. The largest absolute Gasteiger partial charge is 0.309 e. The zero-order valence-electron chi connectivity index (χ0n) is 9.93. The van der Waals surface area contributed by atoms with Gasteiger partial charge in [-0.25, -0.2) is 0 Å². The summed E-state index contributed by atoms with van der Waals surface area (Å²) >= 11 is 0. The molecule has 1 unspecified atom stereocenters. The molecule has 4 nitrogen and oxygen atoms in total. The summed E-state index contributed by atoms with van der Waals surface area (Å²) in [5, 5.41) is 7.93. The Morgan fingerprint density at radius 3 is 2.88 bits per heavy atom. The molecule has 0 amide bonds. The molecule has 3 heterocycles. The Balaban J connectivity index is 2.06. The maximum atomic E-state index is 4.39. The van der Waals surface area contributed by atoms with Crippen molar-refractivity contribution in [1.82, 2.24) is 20.1 Å². The third-order valence-electron chi connectivity index (χ3n) is 3.37. The smallest absolute Gasteiger partial charge is 0.0628 e. The van der Waals surface area contributed by atoms with Crippen LogP contribution in [0.1, 0.15) is 24.6 Å². The van der Waals surface area contributed by atoms with E-state index in [2.05, 4.69) is 15.4 Å². The molecule has 0 saturated carbocycles. The number of hydrogen-bond acceptors (Lipinski definition) is 3. The minimum absolute atomic E-state index is 0.436. The Labute approximate surface area is 101 Å². The molecule has 88 valence electrons. The van der Waals surface area contributed by atoms with Gasteiger partial charge in [-0.05, 0) is 37.1 Å². The van der Waals surface area contributed by atoms with Crippen molar-refractivity contribution in [3.63, 3.8) is 0 Å². The molecule has 1 fully saturated rings. The van der Waals surface area contributed by atoms with Gasteiger partial charge in [-0.3, -0.25) is 9.67 Å². The van der Waals surface area contributed by atoms with Crippen LogP contribution in [0.4, 0.5) is 0 Å². The summed E-state index contributed by atoms with van der Waals surface area (Å²) in [7, 11) is 2.01. The first kappa shape index (κ1) is 10.5. The number of nitrogens with zero attached hydrogens (tertiary/aromatic N) is 3. The lowest BCUT2D eigenvalue weighted by Gasteiger charge is -2.13. The van der Waals surface area contributed by atoms with Gasteiger partial charge in [0.05, 0.1) is 11.9 Å². The summed E-state index contributed by atoms with van der Waals surface area (Å²) in [4.78, 5) is 4.06. The number of aryl methyl sites for hydroxylation is 1. The Hall–Kier alpha value is -1.68. The molecule has 4 heteroatoms. The van der Waals surface area contributed by atoms with Crippen molar-refractivity contribution in [2.45, 2.75) is 18.9 Å². The fourth-order valence-electron chi connectivity index (χ4n) is 2.53. The summed E-state index contributed by atoms with van der Waals surface area (Å²) in [6.07, 6.45) is 8.04. The average molecular weight is 228 g/mol. The minimum Gasteiger partial charge on any atom is -0.309 e. The lowest BCUT2D eigenvalue weighted by atomic mass is 10.0. The highest BCUT2D eigenvalue weighted by atomic mass is 15.3. The summed E-state index contributed by atoms with van der Waals surface area (Å²) in [5.74, 6) is 0. The van der Waals surface area contributed by atoms with Gasteiger partial charge in [0.25, 0.3) is 0 Å². The van der Waals surface area contributed by atoms with E-state index in [1.165, 1.54) is 29.7 Å². The second-order valence-electron chi connectivity index (χ2n) is 4.45. The second kappa shape index (κ2) is 4.30. The maximum Gasteiger partial charge on any atom is 0.0628 e. The molecule has 1 N–H and O–H groups in total. The molecule has 0 spiro atoms. The highest BCUT2D eigenvalue weighted by Gasteiger charge is 2.23. The van der Waals surface area contributed by atoms with Crippen LogP contribution in [0.3, 0.4) is 0 Å². The van der Waals surface area contributed by atoms with Crippen LogP contribution in [0.15, 0.2) is 30.7 Å². The predicted molar refractivity (Wildman–Crippen MR) is 66.4 cm³/mol. The van der Waals surface area contributed by atoms with E-state index >= 15 is 0 Å². The molecule has 3 rings (SSSR count). The first-order valence-electron chi connectivity index (χ1n) is 6.02. The molecule has 2 aromatic rings. The van der Waals surface area contributed by atoms with Crippen LogP contribution < -0.4 is 5.32 Å². The van der Waals surface area contributed by atoms with E-state index in [0.29, 0.717) is 6.04 Å². The Morgan fingerprint density at radius 1 is 1.35 bits per heavy atom. The monoisotopic (exact) mass is 228 g/mol. The van der Waals surface area contributed by atoms with Crippen LogP contribution >= 0.6 is 0 Å². The van der Waals surface area contributed by atoms with Gasteiger partial charge >= 0.3 is 0 Å². The van der Waals surface area contributed by atoms with E-state index in [9.17, 15) is 0 Å². The van der Waals surface area contributed by atoms with Crippen LogP contribution in [-0.4, -0.2) is 21.3 Å². The highest BCUT2D eigenvalue weighted by molar-refractivity contribution is 5.65. The molecule has 2 aromatic heterocycles. The fraction of sp³-hybridized carbons (Fsp3) is 0.385. The summed E-state index contributed by atoms with van der Waals surface area (Å²) in [6.45, 7) is 1.10. The van der Waals surface area contributed by atoms with Crippen molar-refractivity contribution in [3.8, 4) is 11.1 Å². The van der Waals surface area contributed by atoms with Gasteiger partial charge in [0.1, 0.15) is 0 Å². The summed E-state index contributed by atoms with van der Waals surface area (Å²) < 4.78 is 1.98. The zero-order valence-corrected chi connectivity index (χ0v) is 9.93. The molecule has 1 saturated heterocycles. The van der Waals surface area contributed by atoms with Gasteiger partial charge in [0.15, 0.2) is 0 Å². The van der Waals surface area contributed by atoms with E-state index in [4.69, 9.17) is 0 Å². The molecule has 0 aliphatic carbocycles. The lowest BCUT2D eigenvalue weighted by Crippen LogP contribution is -2.17. The molecular weight excluding hydrogens is 212 g/mol. The first-order chi connectivity index (χ1) is 8.36. The Bertz CT molecular complexity index is 497. The second-order valence-corrected chi connectivity index (χ2v) is 4.45. The molecule has 0 bridgehead atoms. The van der Waals surface area contributed by atoms with Crippen LogP contribution in [0.25, 0.3) is 11.1 Å². The van der Waals surface area contributed by atoms with Crippen molar-refractivity contribution >= 4 is 0 Å². The van der Waals surface area contributed by atoms with Crippen molar-refractivity contribution in [3.05, 3.63) is 36.4 Å². The van der Waals surface area contributed by atoms with Crippen LogP contribution in [0.5, 0.6) is 0 Å². The Kier molecular flexibility index (Phi) is 2.65. The van der Waals surface area contributed by atoms with Crippen molar-refractivity contribution in [1.29, 1.82) is 0 Å². The number of rotatable bonds is 2. The molecule has 1 aliphatic heterocycles. The van der Waals surface area contributed by atoms with Gasteiger partial charge in [0.2, 0.25) is 0 Å². The minimum atomic E-state index is 0.436. The van der Waals surface area contributed by atoms with Gasteiger partial charge in [-0.15, -0.1) is 0 Å². The summed E-state index contributed by atoms with van der Waals surface area (Å²) in [6, 6.07) is 4.51. The van der Waals surface area contributed by atoms with Crippen molar-refractivity contribution < 1.29 is 0 Å². The van der Waals surface area contributed by atoms with Gasteiger partial charge < -0.3 is 5.32 Å². The zero-order chi connectivity index (χ0) is 11.7. The summed E-state index contributed by atoms with van der Waals surface area (Å²) in [5.41, 5.74) is 3.69. The van der Waals surface area contributed by atoms with Crippen molar-refractivity contribution in [2.24, 2.45) is 7.05 Å². The number of pyridine rings is 1. The highest BCUT2D eigenvalue weighted by Crippen LogP contribution is 2.31. The topological polar surface area (TPSA) is 42.7 Å². The SMILES string of the molecule is Cn1ncc(-c2ccncc2)c1C1CCCN1. The lowest BCUT2D eigenvalue weighted by molar-refractivity contribution is 0.575. The van der Waals surface area contributed by atoms with Gasteiger partial charge in [-0.2, -0.15) is 5.10 Å². The number of hydrogen-bond donors (Lipinski definition) is 1. The van der Waals surface area contributed by atoms with Gasteiger partial charge in [-0.1, -0.05) is 0 Å². The van der Waals surface area contributed by atoms with Crippen LogP contribution in [-0.2, 0) is 7.05 Å². The predicted octanol–water partition coefficient (Wildman–Crippen LogP) is 1.91. The van der Waals surface area contributed by atoms with E-state index in [0.717, 1.165) is 6.54 Å². The van der Waals surface area contributed by atoms with E-state index in [1.807, 2.05) is 42.5 Å².